The smallest absolute Gasteiger partial charge is 0.265 e. The number of thiophene rings is 1. The van der Waals surface area contributed by atoms with Gasteiger partial charge in [-0.1, -0.05) is 17.7 Å². The minimum Gasteiger partial charge on any atom is -0.495 e. The van der Waals surface area contributed by atoms with Gasteiger partial charge in [-0.05, 0) is 61.9 Å². The predicted molar refractivity (Wildman–Crippen MR) is 114 cm³/mol. The molecule has 142 valence electrons. The molecule has 28 heavy (non-hydrogen) atoms. The van der Waals surface area contributed by atoms with Crippen molar-refractivity contribution < 1.29 is 9.53 Å². The van der Waals surface area contributed by atoms with Crippen molar-refractivity contribution >= 4 is 44.7 Å². The Labute approximate surface area is 171 Å². The molecule has 2 heterocycles. The molecule has 0 aliphatic rings. The SMILES string of the molecule is COc1ccc(C)cc1NC(=O)c1cc2c(C)nn(-c3ccc(Cl)cc3)c2s1. The number of nitrogens with zero attached hydrogens (tertiary/aromatic N) is 2. The zero-order chi connectivity index (χ0) is 19.8. The normalized spacial score (nSPS) is 11.0. The minimum atomic E-state index is -0.174. The quantitative estimate of drug-likeness (QED) is 0.474. The summed E-state index contributed by atoms with van der Waals surface area (Å²) in [6, 6.07) is 15.0. The lowest BCUT2D eigenvalue weighted by Crippen LogP contribution is -2.11. The Kier molecular flexibility index (Phi) is 4.83. The predicted octanol–water partition coefficient (Wildman–Crippen LogP) is 5.62. The highest BCUT2D eigenvalue weighted by Gasteiger charge is 2.18. The Balaban J connectivity index is 1.70. The summed E-state index contributed by atoms with van der Waals surface area (Å²) in [5, 5.41) is 9.19. The molecule has 0 aliphatic heterocycles. The molecule has 0 saturated heterocycles. The Morgan fingerprint density at radius 2 is 1.89 bits per heavy atom. The molecular weight excluding hydrogens is 394 g/mol. The van der Waals surface area contributed by atoms with Gasteiger partial charge in [-0.15, -0.1) is 11.3 Å². The van der Waals surface area contributed by atoms with Crippen molar-refractivity contribution in [3.05, 3.63) is 69.7 Å². The Morgan fingerprint density at radius 3 is 2.61 bits per heavy atom. The summed E-state index contributed by atoms with van der Waals surface area (Å²) in [7, 11) is 1.59. The third-order valence-corrected chi connectivity index (χ3v) is 5.80. The van der Waals surface area contributed by atoms with Crippen LogP contribution in [0.5, 0.6) is 5.75 Å². The molecule has 4 aromatic rings. The number of carbonyl (C=O) groups is 1. The maximum absolute atomic E-state index is 12.9. The number of ether oxygens (including phenoxy) is 1. The average molecular weight is 412 g/mol. The summed E-state index contributed by atoms with van der Waals surface area (Å²) >= 11 is 7.39. The number of anilines is 1. The number of rotatable bonds is 4. The number of hydrogen-bond acceptors (Lipinski definition) is 4. The first-order chi connectivity index (χ1) is 13.5. The van der Waals surface area contributed by atoms with Crippen molar-refractivity contribution in [1.29, 1.82) is 0 Å². The summed E-state index contributed by atoms with van der Waals surface area (Å²) < 4.78 is 7.19. The number of hydrogen-bond donors (Lipinski definition) is 1. The summed E-state index contributed by atoms with van der Waals surface area (Å²) in [6.45, 7) is 3.91. The van der Waals surface area contributed by atoms with Crippen LogP contribution in [0.15, 0.2) is 48.5 Å². The van der Waals surface area contributed by atoms with E-state index < -0.39 is 0 Å². The first-order valence-corrected chi connectivity index (χ1v) is 9.87. The molecule has 2 aromatic carbocycles. The second kappa shape index (κ2) is 7.30. The lowest BCUT2D eigenvalue weighted by Gasteiger charge is -2.10. The van der Waals surface area contributed by atoms with Crippen LogP contribution in [-0.2, 0) is 0 Å². The number of fused-ring (bicyclic) bond motifs is 1. The van der Waals surface area contributed by atoms with Crippen molar-refractivity contribution in [1.82, 2.24) is 9.78 Å². The van der Waals surface area contributed by atoms with Crippen LogP contribution in [0.3, 0.4) is 0 Å². The van der Waals surface area contributed by atoms with E-state index in [2.05, 4.69) is 10.4 Å². The molecule has 2 aromatic heterocycles. The van der Waals surface area contributed by atoms with Crippen molar-refractivity contribution in [3.8, 4) is 11.4 Å². The fraction of sp³-hybridized carbons (Fsp3) is 0.143. The van der Waals surface area contributed by atoms with Crippen molar-refractivity contribution in [2.45, 2.75) is 13.8 Å². The minimum absolute atomic E-state index is 0.174. The second-order valence-electron chi connectivity index (χ2n) is 6.46. The van der Waals surface area contributed by atoms with Gasteiger partial charge in [-0.3, -0.25) is 4.79 Å². The molecule has 1 amide bonds. The lowest BCUT2D eigenvalue weighted by atomic mass is 10.2. The van der Waals surface area contributed by atoms with Gasteiger partial charge in [0, 0.05) is 10.4 Å². The maximum Gasteiger partial charge on any atom is 0.265 e. The molecule has 0 bridgehead atoms. The number of carbonyl (C=O) groups excluding carboxylic acids is 1. The fourth-order valence-corrected chi connectivity index (χ4v) is 4.22. The van der Waals surface area contributed by atoms with E-state index in [0.717, 1.165) is 27.2 Å². The average Bonchev–Trinajstić information content (AvgIpc) is 3.24. The third kappa shape index (κ3) is 3.37. The van der Waals surface area contributed by atoms with E-state index in [4.69, 9.17) is 16.3 Å². The summed E-state index contributed by atoms with van der Waals surface area (Å²) in [4.78, 5) is 14.4. The van der Waals surface area contributed by atoms with Crippen LogP contribution < -0.4 is 10.1 Å². The maximum atomic E-state index is 12.9. The highest BCUT2D eigenvalue weighted by Crippen LogP contribution is 2.32. The molecule has 4 rings (SSSR count). The number of halogens is 1. The molecule has 0 unspecified atom stereocenters. The van der Waals surface area contributed by atoms with Crippen LogP contribution in [0.25, 0.3) is 15.9 Å². The Bertz CT molecular complexity index is 1180. The largest absolute Gasteiger partial charge is 0.495 e. The van der Waals surface area contributed by atoms with Crippen LogP contribution in [0, 0.1) is 13.8 Å². The van der Waals surface area contributed by atoms with Crippen molar-refractivity contribution in [2.75, 3.05) is 12.4 Å². The highest BCUT2D eigenvalue weighted by molar-refractivity contribution is 7.20. The standard InChI is InChI=1S/C21H18ClN3O2S/c1-12-4-9-18(27-3)17(10-12)23-20(26)19-11-16-13(2)24-25(21(16)28-19)15-7-5-14(22)6-8-15/h4-11H,1-3H3,(H,23,26). The number of benzene rings is 2. The molecular formula is C21H18ClN3O2S. The number of methoxy groups -OCH3 is 1. The van der Waals surface area contributed by atoms with E-state index in [1.165, 1.54) is 11.3 Å². The van der Waals surface area contributed by atoms with E-state index in [1.54, 1.807) is 7.11 Å². The summed E-state index contributed by atoms with van der Waals surface area (Å²) in [5.41, 5.74) is 3.47. The Morgan fingerprint density at radius 1 is 1.14 bits per heavy atom. The topological polar surface area (TPSA) is 56.1 Å². The van der Waals surface area contributed by atoms with E-state index in [9.17, 15) is 4.79 Å². The van der Waals surface area contributed by atoms with Gasteiger partial charge in [0.25, 0.3) is 5.91 Å². The van der Waals surface area contributed by atoms with Gasteiger partial charge in [0.1, 0.15) is 10.6 Å². The lowest BCUT2D eigenvalue weighted by molar-refractivity contribution is 0.103. The third-order valence-electron chi connectivity index (χ3n) is 4.44. The Hall–Kier alpha value is -2.83. The molecule has 0 aliphatic carbocycles. The van der Waals surface area contributed by atoms with Crippen molar-refractivity contribution in [3.63, 3.8) is 0 Å². The van der Waals surface area contributed by atoms with Crippen LogP contribution in [0.4, 0.5) is 5.69 Å². The first kappa shape index (κ1) is 18.5. The second-order valence-corrected chi connectivity index (χ2v) is 7.93. The van der Waals surface area contributed by atoms with Gasteiger partial charge in [0.05, 0.1) is 29.1 Å². The molecule has 7 heteroatoms. The van der Waals surface area contributed by atoms with Crippen LogP contribution in [0.2, 0.25) is 5.02 Å². The van der Waals surface area contributed by atoms with E-state index >= 15 is 0 Å². The molecule has 0 spiro atoms. The van der Waals surface area contributed by atoms with Gasteiger partial charge >= 0.3 is 0 Å². The molecule has 0 radical (unpaired) electrons. The summed E-state index contributed by atoms with van der Waals surface area (Å²) in [5.74, 6) is 0.454. The van der Waals surface area contributed by atoms with Crippen LogP contribution in [-0.4, -0.2) is 22.8 Å². The first-order valence-electron chi connectivity index (χ1n) is 8.67. The fourth-order valence-electron chi connectivity index (χ4n) is 3.02. The van der Waals surface area contributed by atoms with Gasteiger partial charge in [0.2, 0.25) is 0 Å². The molecule has 0 atom stereocenters. The van der Waals surface area contributed by atoms with Gasteiger partial charge in [-0.25, -0.2) is 4.68 Å². The number of aromatic nitrogens is 2. The molecule has 0 fully saturated rings. The number of amides is 1. The zero-order valence-electron chi connectivity index (χ0n) is 15.6. The summed E-state index contributed by atoms with van der Waals surface area (Å²) in [6.07, 6.45) is 0. The van der Waals surface area contributed by atoms with Gasteiger partial charge in [-0.2, -0.15) is 5.10 Å². The monoisotopic (exact) mass is 411 g/mol. The zero-order valence-corrected chi connectivity index (χ0v) is 17.2. The molecule has 1 N–H and O–H groups in total. The van der Waals surface area contributed by atoms with E-state index in [0.29, 0.717) is 21.3 Å². The van der Waals surface area contributed by atoms with Crippen molar-refractivity contribution in [2.24, 2.45) is 0 Å². The van der Waals surface area contributed by atoms with Crippen LogP contribution >= 0.6 is 22.9 Å². The molecule has 5 nitrogen and oxygen atoms in total. The highest BCUT2D eigenvalue weighted by atomic mass is 35.5. The van der Waals surface area contributed by atoms with Gasteiger partial charge in [0.15, 0.2) is 0 Å². The van der Waals surface area contributed by atoms with Gasteiger partial charge < -0.3 is 10.1 Å². The number of aryl methyl sites for hydroxylation is 2. The molecule has 0 saturated carbocycles. The van der Waals surface area contributed by atoms with E-state index in [-0.39, 0.29) is 5.91 Å². The number of nitrogens with one attached hydrogen (secondary N) is 1. The van der Waals surface area contributed by atoms with Crippen LogP contribution in [0.1, 0.15) is 20.9 Å². The van der Waals surface area contributed by atoms with E-state index in [1.807, 2.05) is 67.1 Å².